The quantitative estimate of drug-likeness (QED) is 0.522. The van der Waals surface area contributed by atoms with E-state index in [-0.39, 0.29) is 29.7 Å². The van der Waals surface area contributed by atoms with Gasteiger partial charge in [-0.15, -0.1) is 0 Å². The first-order valence-corrected chi connectivity index (χ1v) is 11.0. The fourth-order valence-electron chi connectivity index (χ4n) is 3.10. The third-order valence-corrected chi connectivity index (χ3v) is 5.58. The number of rotatable bonds is 6. The Morgan fingerprint density at radius 2 is 1.62 bits per heavy atom. The molecule has 3 aromatic rings. The molecule has 4 rings (SSSR count). The molecule has 1 aliphatic heterocycles. The minimum absolute atomic E-state index is 0.123. The molecule has 0 unspecified atom stereocenters. The van der Waals surface area contributed by atoms with Gasteiger partial charge in [-0.1, -0.05) is 60.3 Å². The van der Waals surface area contributed by atoms with Crippen molar-refractivity contribution in [3.8, 4) is 0 Å². The maximum Gasteiger partial charge on any atom is 0.283 e. The Bertz CT molecular complexity index is 1160. The van der Waals surface area contributed by atoms with Crippen LogP contribution in [0.2, 0.25) is 0 Å². The summed E-state index contributed by atoms with van der Waals surface area (Å²) in [6, 6.07) is 24.3. The van der Waals surface area contributed by atoms with E-state index in [1.54, 1.807) is 6.08 Å². The molecule has 0 aromatic heterocycles. The first-order chi connectivity index (χ1) is 15.6. The number of nitrogens with one attached hydrogen (secondary N) is 1. The van der Waals surface area contributed by atoms with Gasteiger partial charge >= 0.3 is 0 Å². The molecule has 0 saturated heterocycles. The predicted octanol–water partition coefficient (Wildman–Crippen LogP) is 5.33. The van der Waals surface area contributed by atoms with Crippen molar-refractivity contribution in [2.24, 2.45) is 4.99 Å². The first-order valence-electron chi connectivity index (χ1n) is 10.0. The summed E-state index contributed by atoms with van der Waals surface area (Å²) in [6.07, 6.45) is 1.97. The van der Waals surface area contributed by atoms with E-state index in [0.717, 1.165) is 11.3 Å². The number of anilines is 2. The third-order valence-electron chi connectivity index (χ3n) is 4.64. The van der Waals surface area contributed by atoms with Crippen LogP contribution in [0.15, 0.2) is 95.6 Å². The van der Waals surface area contributed by atoms with Gasteiger partial charge in [-0.2, -0.15) is 0 Å². The molecule has 32 heavy (non-hydrogen) atoms. The second-order valence-corrected chi connectivity index (χ2v) is 8.03. The van der Waals surface area contributed by atoms with Crippen molar-refractivity contribution in [3.63, 3.8) is 0 Å². The number of carbonyl (C=O) groups is 2. The van der Waals surface area contributed by atoms with Crippen molar-refractivity contribution in [1.29, 1.82) is 0 Å². The lowest BCUT2D eigenvalue weighted by molar-refractivity contribution is -0.116. The average molecular weight is 446 g/mol. The molecular weight excluding hydrogens is 425 g/mol. The number of benzene rings is 3. The SMILES string of the molecule is O=C(CCSC1=N/C(=C/c2ccccc2)C(=O)N1c1ccc(F)cc1)Nc1ccccc1. The van der Waals surface area contributed by atoms with Crippen LogP contribution in [0.25, 0.3) is 6.08 Å². The van der Waals surface area contributed by atoms with Crippen molar-refractivity contribution in [3.05, 3.63) is 102 Å². The van der Waals surface area contributed by atoms with Crippen LogP contribution in [0.3, 0.4) is 0 Å². The number of hydrogen-bond donors (Lipinski definition) is 1. The van der Waals surface area contributed by atoms with Gasteiger partial charge in [0.1, 0.15) is 11.5 Å². The number of hydrogen-bond acceptors (Lipinski definition) is 4. The summed E-state index contributed by atoms with van der Waals surface area (Å²) in [5, 5.41) is 3.30. The van der Waals surface area contributed by atoms with Crippen molar-refractivity contribution in [1.82, 2.24) is 0 Å². The zero-order chi connectivity index (χ0) is 22.3. The van der Waals surface area contributed by atoms with Crippen LogP contribution in [0.4, 0.5) is 15.8 Å². The fraction of sp³-hybridized carbons (Fsp3) is 0.0800. The molecular formula is C25H20FN3O2S. The summed E-state index contributed by atoms with van der Waals surface area (Å²) < 4.78 is 13.4. The van der Waals surface area contributed by atoms with Crippen LogP contribution >= 0.6 is 11.8 Å². The molecule has 5 nitrogen and oxygen atoms in total. The second kappa shape index (κ2) is 10.1. The Morgan fingerprint density at radius 3 is 2.31 bits per heavy atom. The Balaban J connectivity index is 1.50. The molecule has 160 valence electrons. The Labute approximate surface area is 189 Å². The number of amides is 2. The molecule has 1 heterocycles. The molecule has 3 aromatic carbocycles. The minimum atomic E-state index is -0.385. The summed E-state index contributed by atoms with van der Waals surface area (Å²) in [6.45, 7) is 0. The minimum Gasteiger partial charge on any atom is -0.326 e. The van der Waals surface area contributed by atoms with E-state index in [2.05, 4.69) is 10.3 Å². The molecule has 0 atom stereocenters. The highest BCUT2D eigenvalue weighted by Crippen LogP contribution is 2.30. The Hall–Kier alpha value is -3.71. The van der Waals surface area contributed by atoms with Crippen LogP contribution in [0.1, 0.15) is 12.0 Å². The molecule has 0 fully saturated rings. The molecule has 1 N–H and O–H groups in total. The van der Waals surface area contributed by atoms with Gasteiger partial charge in [0.15, 0.2) is 5.17 Å². The highest BCUT2D eigenvalue weighted by atomic mass is 32.2. The van der Waals surface area contributed by atoms with Crippen LogP contribution in [-0.2, 0) is 9.59 Å². The maximum absolute atomic E-state index is 13.4. The lowest BCUT2D eigenvalue weighted by Gasteiger charge is -2.17. The van der Waals surface area contributed by atoms with Crippen molar-refractivity contribution >= 4 is 46.2 Å². The number of aliphatic imine (C=N–C) groups is 1. The molecule has 0 aliphatic carbocycles. The topological polar surface area (TPSA) is 61.8 Å². The smallest absolute Gasteiger partial charge is 0.283 e. The standard InChI is InChI=1S/C25H20FN3O2S/c26-19-11-13-21(14-12-19)29-24(31)22(17-18-7-3-1-4-8-18)28-25(29)32-16-15-23(30)27-20-9-5-2-6-10-20/h1-14,17H,15-16H2,(H,27,30)/b22-17+. The normalized spacial score (nSPS) is 14.5. The molecule has 2 amide bonds. The van der Waals surface area contributed by atoms with E-state index in [0.29, 0.717) is 16.6 Å². The van der Waals surface area contributed by atoms with Crippen LogP contribution < -0.4 is 10.2 Å². The van der Waals surface area contributed by atoms with Crippen molar-refractivity contribution < 1.29 is 14.0 Å². The van der Waals surface area contributed by atoms with E-state index in [1.807, 2.05) is 60.7 Å². The Morgan fingerprint density at radius 1 is 0.969 bits per heavy atom. The van der Waals surface area contributed by atoms with Crippen LogP contribution in [-0.4, -0.2) is 22.7 Å². The highest BCUT2D eigenvalue weighted by molar-refractivity contribution is 8.14. The largest absolute Gasteiger partial charge is 0.326 e. The lowest BCUT2D eigenvalue weighted by Crippen LogP contribution is -2.30. The molecule has 0 bridgehead atoms. The van der Waals surface area contributed by atoms with Crippen molar-refractivity contribution in [2.45, 2.75) is 6.42 Å². The van der Waals surface area contributed by atoms with E-state index in [4.69, 9.17) is 0 Å². The van der Waals surface area contributed by atoms with Gasteiger partial charge in [0.2, 0.25) is 5.91 Å². The lowest BCUT2D eigenvalue weighted by atomic mass is 10.2. The summed E-state index contributed by atoms with van der Waals surface area (Å²) in [5.74, 6) is -0.371. The van der Waals surface area contributed by atoms with Gasteiger partial charge in [-0.05, 0) is 48.0 Å². The van der Waals surface area contributed by atoms with Gasteiger partial charge in [-0.3, -0.25) is 14.5 Å². The van der Waals surface area contributed by atoms with Gasteiger partial charge in [0.05, 0.1) is 5.69 Å². The number of para-hydroxylation sites is 1. The third kappa shape index (κ3) is 5.31. The van der Waals surface area contributed by atoms with Gasteiger partial charge in [0, 0.05) is 17.9 Å². The van der Waals surface area contributed by atoms with E-state index in [9.17, 15) is 14.0 Å². The monoisotopic (exact) mass is 445 g/mol. The second-order valence-electron chi connectivity index (χ2n) is 6.96. The van der Waals surface area contributed by atoms with E-state index < -0.39 is 0 Å². The summed E-state index contributed by atoms with van der Waals surface area (Å²) in [5.41, 5.74) is 2.40. The molecule has 0 radical (unpaired) electrons. The molecule has 7 heteroatoms. The molecule has 1 aliphatic rings. The summed E-state index contributed by atoms with van der Waals surface area (Å²) in [4.78, 5) is 31.3. The van der Waals surface area contributed by atoms with Crippen LogP contribution in [0.5, 0.6) is 0 Å². The number of amidine groups is 1. The summed E-state index contributed by atoms with van der Waals surface area (Å²) >= 11 is 1.31. The number of nitrogens with zero attached hydrogens (tertiary/aromatic N) is 2. The van der Waals surface area contributed by atoms with Crippen LogP contribution in [0, 0.1) is 5.82 Å². The molecule has 0 saturated carbocycles. The number of carbonyl (C=O) groups excluding carboxylic acids is 2. The molecule has 0 spiro atoms. The Kier molecular flexibility index (Phi) is 6.77. The number of halogens is 1. The fourth-order valence-corrected chi connectivity index (χ4v) is 4.05. The highest BCUT2D eigenvalue weighted by Gasteiger charge is 2.32. The zero-order valence-electron chi connectivity index (χ0n) is 17.1. The van der Waals surface area contributed by atoms with Crippen molar-refractivity contribution in [2.75, 3.05) is 16.0 Å². The summed E-state index contributed by atoms with van der Waals surface area (Å²) in [7, 11) is 0. The average Bonchev–Trinajstić information content (AvgIpc) is 3.10. The first kappa shape index (κ1) is 21.5. The van der Waals surface area contributed by atoms with E-state index in [1.165, 1.54) is 40.9 Å². The number of thioether (sulfide) groups is 1. The van der Waals surface area contributed by atoms with E-state index >= 15 is 0 Å². The van der Waals surface area contributed by atoms with Gasteiger partial charge in [0.25, 0.3) is 5.91 Å². The zero-order valence-corrected chi connectivity index (χ0v) is 17.9. The predicted molar refractivity (Wildman–Crippen MR) is 128 cm³/mol. The maximum atomic E-state index is 13.4. The van der Waals surface area contributed by atoms with Gasteiger partial charge in [-0.25, -0.2) is 9.38 Å². The van der Waals surface area contributed by atoms with Gasteiger partial charge < -0.3 is 5.32 Å².